The highest BCUT2D eigenvalue weighted by Crippen LogP contribution is 2.20. The van der Waals surface area contributed by atoms with Gasteiger partial charge in [-0.25, -0.2) is 4.79 Å². The molecule has 0 aliphatic heterocycles. The Balaban J connectivity index is 2.11. The fourth-order valence-corrected chi connectivity index (χ4v) is 2.08. The molecule has 0 aromatic heterocycles. The summed E-state index contributed by atoms with van der Waals surface area (Å²) in [4.78, 5) is 10.6. The van der Waals surface area contributed by atoms with E-state index in [2.05, 4.69) is 11.4 Å². The minimum absolute atomic E-state index is 0.316. The number of nitrogens with zero attached hydrogens (tertiary/aromatic N) is 2. The highest BCUT2D eigenvalue weighted by atomic mass is 16.4. The number of hydrogen-bond donors (Lipinski definition) is 2. The molecule has 0 aliphatic carbocycles. The Bertz CT molecular complexity index is 737. The lowest BCUT2D eigenvalue weighted by Crippen LogP contribution is -2.33. The molecule has 5 heteroatoms. The van der Waals surface area contributed by atoms with Gasteiger partial charge in [0.25, 0.3) is 0 Å². The molecule has 0 saturated heterocycles. The molecular weight excluding hydrogens is 278 g/mol. The van der Waals surface area contributed by atoms with Crippen molar-refractivity contribution in [2.75, 3.05) is 0 Å². The van der Waals surface area contributed by atoms with E-state index >= 15 is 0 Å². The van der Waals surface area contributed by atoms with Crippen molar-refractivity contribution in [3.8, 4) is 23.3 Å². The Kier molecular flexibility index (Phi) is 4.74. The predicted molar refractivity (Wildman–Crippen MR) is 80.9 cm³/mol. The monoisotopic (exact) mass is 291 g/mol. The zero-order valence-corrected chi connectivity index (χ0v) is 11.7. The van der Waals surface area contributed by atoms with Crippen molar-refractivity contribution in [3.05, 3.63) is 59.7 Å². The van der Waals surface area contributed by atoms with E-state index in [1.165, 1.54) is 0 Å². The van der Waals surface area contributed by atoms with Crippen LogP contribution in [0.2, 0.25) is 0 Å². The van der Waals surface area contributed by atoms with Crippen molar-refractivity contribution in [1.29, 1.82) is 10.5 Å². The van der Waals surface area contributed by atoms with Crippen LogP contribution in [0.5, 0.6) is 0 Å². The lowest BCUT2D eigenvalue weighted by Gasteiger charge is -2.09. The average molecular weight is 291 g/mol. The van der Waals surface area contributed by atoms with Gasteiger partial charge in [-0.1, -0.05) is 36.4 Å². The summed E-state index contributed by atoms with van der Waals surface area (Å²) in [5, 5.41) is 28.5. The van der Waals surface area contributed by atoms with E-state index in [4.69, 9.17) is 15.6 Å². The molecule has 2 N–H and O–H groups in total. The van der Waals surface area contributed by atoms with Crippen LogP contribution in [-0.2, 0) is 6.42 Å². The van der Waals surface area contributed by atoms with Gasteiger partial charge < -0.3 is 10.4 Å². The first-order valence-electron chi connectivity index (χ1n) is 6.61. The highest BCUT2D eigenvalue weighted by molar-refractivity contribution is 5.66. The fourth-order valence-electron chi connectivity index (χ4n) is 2.08. The number of rotatable bonds is 4. The molecule has 2 aromatic carbocycles. The third kappa shape index (κ3) is 3.84. The van der Waals surface area contributed by atoms with Crippen LogP contribution in [0.3, 0.4) is 0 Å². The second-order valence-electron chi connectivity index (χ2n) is 4.72. The first kappa shape index (κ1) is 15.1. The maximum absolute atomic E-state index is 10.6. The number of carboxylic acid groups (broad SMARTS) is 1. The fraction of sp³-hybridized carbons (Fsp3) is 0.118. The van der Waals surface area contributed by atoms with Crippen LogP contribution in [0.15, 0.2) is 48.5 Å². The first-order chi connectivity index (χ1) is 10.6. The van der Waals surface area contributed by atoms with Crippen molar-refractivity contribution in [2.45, 2.75) is 12.5 Å². The summed E-state index contributed by atoms with van der Waals surface area (Å²) in [5.74, 6) is 0. The minimum Gasteiger partial charge on any atom is -0.465 e. The second kappa shape index (κ2) is 6.92. The molecule has 22 heavy (non-hydrogen) atoms. The van der Waals surface area contributed by atoms with Crippen LogP contribution >= 0.6 is 0 Å². The molecule has 0 fully saturated rings. The smallest absolute Gasteiger partial charge is 0.405 e. The SMILES string of the molecule is N#Cc1ccc(-c2ccc(CC(C#N)NC(=O)O)cc2)cc1. The van der Waals surface area contributed by atoms with E-state index in [0.29, 0.717) is 12.0 Å². The summed E-state index contributed by atoms with van der Waals surface area (Å²) in [7, 11) is 0. The zero-order chi connectivity index (χ0) is 15.9. The topological polar surface area (TPSA) is 96.9 Å². The zero-order valence-electron chi connectivity index (χ0n) is 11.7. The van der Waals surface area contributed by atoms with E-state index < -0.39 is 12.1 Å². The Morgan fingerprint density at radius 1 is 1.05 bits per heavy atom. The third-order valence-electron chi connectivity index (χ3n) is 3.19. The third-order valence-corrected chi connectivity index (χ3v) is 3.19. The van der Waals surface area contributed by atoms with Gasteiger partial charge in [0.2, 0.25) is 0 Å². The predicted octanol–water partition coefficient (Wildman–Crippen LogP) is 2.93. The summed E-state index contributed by atoms with van der Waals surface area (Å²) in [5.41, 5.74) is 3.47. The molecule has 1 unspecified atom stereocenters. The molecule has 0 saturated carbocycles. The maximum Gasteiger partial charge on any atom is 0.405 e. The van der Waals surface area contributed by atoms with Gasteiger partial charge in [-0.2, -0.15) is 10.5 Å². The van der Waals surface area contributed by atoms with Crippen LogP contribution in [0.25, 0.3) is 11.1 Å². The van der Waals surface area contributed by atoms with Crippen LogP contribution in [0.4, 0.5) is 4.79 Å². The lowest BCUT2D eigenvalue weighted by molar-refractivity contribution is 0.192. The number of hydrogen-bond acceptors (Lipinski definition) is 3. The first-order valence-corrected chi connectivity index (χ1v) is 6.61. The lowest BCUT2D eigenvalue weighted by atomic mass is 10.0. The van der Waals surface area contributed by atoms with E-state index in [-0.39, 0.29) is 0 Å². The molecule has 108 valence electrons. The van der Waals surface area contributed by atoms with Crippen LogP contribution in [-0.4, -0.2) is 17.2 Å². The molecule has 2 rings (SSSR count). The van der Waals surface area contributed by atoms with Gasteiger partial charge in [-0.3, -0.25) is 0 Å². The van der Waals surface area contributed by atoms with E-state index in [1.807, 2.05) is 42.5 Å². The Morgan fingerprint density at radius 3 is 2.05 bits per heavy atom. The second-order valence-corrected chi connectivity index (χ2v) is 4.72. The number of amides is 1. The molecule has 5 nitrogen and oxygen atoms in total. The molecule has 0 heterocycles. The summed E-state index contributed by atoms with van der Waals surface area (Å²) >= 11 is 0. The maximum atomic E-state index is 10.6. The highest BCUT2D eigenvalue weighted by Gasteiger charge is 2.11. The van der Waals surface area contributed by atoms with E-state index in [1.54, 1.807) is 12.1 Å². The average Bonchev–Trinajstić information content (AvgIpc) is 2.54. The van der Waals surface area contributed by atoms with Crippen LogP contribution in [0, 0.1) is 22.7 Å². The van der Waals surface area contributed by atoms with Crippen LogP contribution < -0.4 is 5.32 Å². The van der Waals surface area contributed by atoms with Gasteiger partial charge in [0.05, 0.1) is 17.7 Å². The number of nitrogens with one attached hydrogen (secondary N) is 1. The minimum atomic E-state index is -1.21. The molecule has 0 radical (unpaired) electrons. The van der Waals surface area contributed by atoms with Gasteiger partial charge >= 0.3 is 6.09 Å². The molecule has 2 aromatic rings. The van der Waals surface area contributed by atoms with Gasteiger partial charge in [0, 0.05) is 6.42 Å². The largest absolute Gasteiger partial charge is 0.465 e. The summed E-state index contributed by atoms with van der Waals surface area (Å²) < 4.78 is 0. The van der Waals surface area contributed by atoms with E-state index in [9.17, 15) is 4.79 Å². The standard InChI is InChI=1S/C17H13N3O2/c18-10-13-3-7-15(8-4-13)14-5-1-12(2-6-14)9-16(11-19)20-17(21)22/h1-8,16,20H,9H2,(H,21,22). The molecule has 1 amide bonds. The van der Waals surface area contributed by atoms with Crippen molar-refractivity contribution in [1.82, 2.24) is 5.32 Å². The molecular formula is C17H13N3O2. The Morgan fingerprint density at radius 2 is 1.59 bits per heavy atom. The van der Waals surface area contributed by atoms with Gasteiger partial charge in [-0.15, -0.1) is 0 Å². The summed E-state index contributed by atoms with van der Waals surface area (Å²) in [6.45, 7) is 0. The summed E-state index contributed by atoms with van der Waals surface area (Å²) in [6, 6.07) is 18.0. The van der Waals surface area contributed by atoms with Crippen molar-refractivity contribution >= 4 is 6.09 Å². The van der Waals surface area contributed by atoms with Gasteiger partial charge in [0.1, 0.15) is 6.04 Å². The quantitative estimate of drug-likeness (QED) is 0.905. The van der Waals surface area contributed by atoms with Crippen molar-refractivity contribution in [2.24, 2.45) is 0 Å². The number of benzene rings is 2. The van der Waals surface area contributed by atoms with Gasteiger partial charge in [-0.05, 0) is 28.8 Å². The van der Waals surface area contributed by atoms with E-state index in [0.717, 1.165) is 16.7 Å². The molecule has 0 bridgehead atoms. The molecule has 0 spiro atoms. The number of carbonyl (C=O) groups is 1. The van der Waals surface area contributed by atoms with Gasteiger partial charge in [0.15, 0.2) is 0 Å². The Hall–Kier alpha value is -3.31. The van der Waals surface area contributed by atoms with Crippen molar-refractivity contribution in [3.63, 3.8) is 0 Å². The molecule has 0 aliphatic rings. The summed E-state index contributed by atoms with van der Waals surface area (Å²) in [6.07, 6.45) is -0.892. The Labute approximate surface area is 128 Å². The van der Waals surface area contributed by atoms with Crippen LogP contribution in [0.1, 0.15) is 11.1 Å². The van der Waals surface area contributed by atoms with Crippen molar-refractivity contribution < 1.29 is 9.90 Å². The number of nitriles is 2. The normalized spacial score (nSPS) is 11.0. The molecule has 1 atom stereocenters.